The second-order valence-electron chi connectivity index (χ2n) is 6.58. The molecule has 10 heteroatoms. The fourth-order valence-electron chi connectivity index (χ4n) is 3.03. The summed E-state index contributed by atoms with van der Waals surface area (Å²) in [5, 5.41) is 10.3. The van der Waals surface area contributed by atoms with Crippen LogP contribution in [0.4, 0.5) is 14.9 Å². The van der Waals surface area contributed by atoms with Gasteiger partial charge < -0.3 is 27.4 Å². The van der Waals surface area contributed by atoms with Crippen molar-refractivity contribution in [3.05, 3.63) is 52.5 Å². The Balaban J connectivity index is 1.62. The van der Waals surface area contributed by atoms with E-state index in [1.165, 1.54) is 11.0 Å². The number of nitrogens with one attached hydrogen (secondary N) is 3. The Hall–Kier alpha value is -2.72. The van der Waals surface area contributed by atoms with Crippen molar-refractivity contribution in [3.8, 4) is 0 Å². The van der Waals surface area contributed by atoms with Gasteiger partial charge in [-0.05, 0) is 36.9 Å². The molecule has 1 unspecified atom stereocenters. The number of hydrogen-bond acceptors (Lipinski definition) is 5. The first kappa shape index (κ1) is 21.0. The van der Waals surface area contributed by atoms with E-state index in [2.05, 4.69) is 27.9 Å². The molecule has 0 saturated heterocycles. The van der Waals surface area contributed by atoms with E-state index in [0.29, 0.717) is 30.9 Å². The monoisotopic (exact) mass is 419 g/mol. The molecular formula is C19H26FN7OS. The summed E-state index contributed by atoms with van der Waals surface area (Å²) in [7, 11) is 0. The number of aliphatic imine (C=N–C) groups is 1. The quantitative estimate of drug-likeness (QED) is 0.235. The number of fused-ring (bicyclic) bond motifs is 1. The lowest BCUT2D eigenvalue weighted by Crippen LogP contribution is -2.51. The van der Waals surface area contributed by atoms with Gasteiger partial charge in [0.1, 0.15) is 12.0 Å². The van der Waals surface area contributed by atoms with E-state index >= 15 is 0 Å². The normalized spacial score (nSPS) is 17.8. The number of anilines is 1. The Morgan fingerprint density at radius 2 is 2.21 bits per heavy atom. The van der Waals surface area contributed by atoms with Crippen LogP contribution in [0.3, 0.4) is 0 Å². The van der Waals surface area contributed by atoms with Crippen LogP contribution in [0.2, 0.25) is 0 Å². The molecule has 3 rings (SSSR count). The molecule has 0 aromatic heterocycles. The number of rotatable bonds is 9. The smallest absolute Gasteiger partial charge is 0.327 e. The van der Waals surface area contributed by atoms with Gasteiger partial charge in [-0.25, -0.2) is 9.18 Å². The zero-order chi connectivity index (χ0) is 20.8. The number of urea groups is 1. The van der Waals surface area contributed by atoms with Gasteiger partial charge in [-0.3, -0.25) is 9.89 Å². The third-order valence-corrected chi connectivity index (χ3v) is 5.25. The summed E-state index contributed by atoms with van der Waals surface area (Å²) < 4.78 is 14.5. The highest BCUT2D eigenvalue weighted by Crippen LogP contribution is 2.28. The summed E-state index contributed by atoms with van der Waals surface area (Å²) in [6.45, 7) is 3.64. The average molecular weight is 420 g/mol. The Morgan fingerprint density at radius 3 is 2.93 bits per heavy atom. The molecule has 0 bridgehead atoms. The number of benzene rings is 1. The number of nitrogens with two attached hydrogens (primary N) is 2. The molecule has 2 aliphatic rings. The summed E-state index contributed by atoms with van der Waals surface area (Å²) in [4.78, 5) is 17.8. The summed E-state index contributed by atoms with van der Waals surface area (Å²) >= 11 is 1.67. The summed E-state index contributed by atoms with van der Waals surface area (Å²) in [6.07, 6.45) is 4.26. The van der Waals surface area contributed by atoms with Crippen LogP contribution < -0.4 is 32.3 Å². The highest BCUT2D eigenvalue weighted by molar-refractivity contribution is 8.03. The number of guanidine groups is 1. The molecule has 156 valence electrons. The Labute approximate surface area is 173 Å². The van der Waals surface area contributed by atoms with E-state index in [1.807, 2.05) is 6.08 Å². The van der Waals surface area contributed by atoms with E-state index in [9.17, 15) is 9.18 Å². The van der Waals surface area contributed by atoms with Crippen LogP contribution in [-0.2, 0) is 6.54 Å². The third-order valence-electron chi connectivity index (χ3n) is 4.42. The second kappa shape index (κ2) is 9.66. The van der Waals surface area contributed by atoms with Gasteiger partial charge in [0.2, 0.25) is 0 Å². The number of nitrogens with zero attached hydrogens (tertiary/aromatic N) is 2. The van der Waals surface area contributed by atoms with Crippen LogP contribution in [0, 0.1) is 5.82 Å². The van der Waals surface area contributed by atoms with E-state index in [1.54, 1.807) is 30.1 Å². The third kappa shape index (κ3) is 5.42. The Bertz CT molecular complexity index is 851. The van der Waals surface area contributed by atoms with Crippen LogP contribution in [0.1, 0.15) is 18.9 Å². The van der Waals surface area contributed by atoms with Crippen LogP contribution in [0.25, 0.3) is 0 Å². The molecule has 0 fully saturated rings. The molecule has 1 aromatic carbocycles. The molecule has 0 spiro atoms. The van der Waals surface area contributed by atoms with Gasteiger partial charge in [0.05, 0.1) is 10.7 Å². The fraction of sp³-hybridized carbons (Fsp3) is 0.368. The van der Waals surface area contributed by atoms with Crippen LogP contribution >= 0.6 is 11.8 Å². The first-order valence-electron chi connectivity index (χ1n) is 9.45. The minimum Gasteiger partial charge on any atom is -0.370 e. The lowest BCUT2D eigenvalue weighted by atomic mass is 10.1. The lowest BCUT2D eigenvalue weighted by Gasteiger charge is -2.29. The van der Waals surface area contributed by atoms with Gasteiger partial charge >= 0.3 is 6.03 Å². The average Bonchev–Trinajstić information content (AvgIpc) is 3.06. The molecule has 7 N–H and O–H groups in total. The number of carbonyl (C=O) groups excluding carboxylic acids is 1. The molecule has 0 aliphatic carbocycles. The van der Waals surface area contributed by atoms with E-state index in [0.717, 1.165) is 22.8 Å². The predicted molar refractivity (Wildman–Crippen MR) is 116 cm³/mol. The molecule has 1 atom stereocenters. The largest absolute Gasteiger partial charge is 0.370 e. The fourth-order valence-corrected chi connectivity index (χ4v) is 3.76. The van der Waals surface area contributed by atoms with Crippen LogP contribution in [0.5, 0.6) is 0 Å². The highest BCUT2D eigenvalue weighted by atomic mass is 32.2. The molecule has 1 aromatic rings. The molecule has 0 saturated carbocycles. The Morgan fingerprint density at radius 1 is 1.38 bits per heavy atom. The number of hydrogen-bond donors (Lipinski definition) is 5. The van der Waals surface area contributed by atoms with Crippen molar-refractivity contribution in [2.45, 2.75) is 26.1 Å². The number of carbonyl (C=O) groups is 1. The topological polar surface area (TPSA) is 121 Å². The van der Waals surface area contributed by atoms with Gasteiger partial charge in [0, 0.05) is 30.4 Å². The number of amides is 2. The van der Waals surface area contributed by atoms with Gasteiger partial charge in [0.25, 0.3) is 0 Å². The first-order chi connectivity index (χ1) is 14.0. The van der Waals surface area contributed by atoms with E-state index in [-0.39, 0.29) is 24.0 Å². The second-order valence-corrected chi connectivity index (χ2v) is 7.89. The maximum Gasteiger partial charge on any atom is 0.327 e. The van der Waals surface area contributed by atoms with Crippen LogP contribution in [0.15, 0.2) is 46.1 Å². The van der Waals surface area contributed by atoms with E-state index in [4.69, 9.17) is 11.5 Å². The lowest BCUT2D eigenvalue weighted by molar-refractivity contribution is 0.244. The van der Waals surface area contributed by atoms with Crippen LogP contribution in [-0.4, -0.2) is 37.0 Å². The van der Waals surface area contributed by atoms with Crippen molar-refractivity contribution in [3.63, 3.8) is 0 Å². The van der Waals surface area contributed by atoms with Crippen molar-refractivity contribution in [2.75, 3.05) is 23.7 Å². The maximum absolute atomic E-state index is 14.5. The number of thioether (sulfide) groups is 1. The van der Waals surface area contributed by atoms with Crippen molar-refractivity contribution < 1.29 is 9.18 Å². The van der Waals surface area contributed by atoms with Crippen molar-refractivity contribution in [1.29, 1.82) is 0 Å². The number of halogens is 1. The van der Waals surface area contributed by atoms with Gasteiger partial charge in [-0.2, -0.15) is 0 Å². The summed E-state index contributed by atoms with van der Waals surface area (Å²) in [5.74, 6) is 0.639. The molecule has 29 heavy (non-hydrogen) atoms. The molecule has 0 radical (unpaired) electrons. The summed E-state index contributed by atoms with van der Waals surface area (Å²) in [6, 6.07) is 4.51. The zero-order valence-corrected chi connectivity index (χ0v) is 17.1. The molecule has 2 heterocycles. The van der Waals surface area contributed by atoms with E-state index < -0.39 is 0 Å². The molecular weight excluding hydrogens is 393 g/mol. The van der Waals surface area contributed by atoms with Gasteiger partial charge in [0.15, 0.2) is 5.96 Å². The predicted octanol–water partition coefficient (Wildman–Crippen LogP) is 1.52. The van der Waals surface area contributed by atoms with Crippen molar-refractivity contribution in [1.82, 2.24) is 16.0 Å². The standard InChI is InChI=1S/C19H26FN7OS/c1-2-29-16-8-13-11-27(19(28)26-17(13)25-16)14-5-4-12(15(20)9-14)10-23-6-3-7-24-18(21)22/h4-5,8-9,11,17,23,25H,2-3,6-7,10H2,1H3,(H,26,28)(H4,21,22,24). The minimum absolute atomic E-state index is 0.0684. The maximum atomic E-state index is 14.5. The summed E-state index contributed by atoms with van der Waals surface area (Å²) in [5.41, 5.74) is 12.5. The van der Waals surface area contributed by atoms with Crippen molar-refractivity contribution in [2.24, 2.45) is 16.5 Å². The molecule has 2 amide bonds. The molecule has 8 nitrogen and oxygen atoms in total. The zero-order valence-electron chi connectivity index (χ0n) is 16.2. The Kier molecular flexibility index (Phi) is 6.99. The highest BCUT2D eigenvalue weighted by Gasteiger charge is 2.30. The van der Waals surface area contributed by atoms with Crippen molar-refractivity contribution >= 4 is 29.4 Å². The van der Waals surface area contributed by atoms with Gasteiger partial charge in [-0.15, -0.1) is 11.8 Å². The molecule has 2 aliphatic heterocycles. The first-order valence-corrected chi connectivity index (χ1v) is 10.4. The SMILES string of the molecule is CCSC1=CC2=CN(c3ccc(CNCCCN=C(N)N)c(F)c3)C(=O)NC2N1. The minimum atomic E-state index is -0.366. The van der Waals surface area contributed by atoms with Gasteiger partial charge in [-0.1, -0.05) is 13.0 Å².